The molecule has 0 saturated carbocycles. The molecule has 0 spiro atoms. The Morgan fingerprint density at radius 2 is 0.588 bits per heavy atom. The van der Waals surface area contributed by atoms with Crippen molar-refractivity contribution in [1.29, 1.82) is 0 Å². The predicted molar refractivity (Wildman–Crippen MR) is 352 cm³/mol. The van der Waals surface area contributed by atoms with Crippen molar-refractivity contribution >= 4 is 11.9 Å². The summed E-state index contributed by atoms with van der Waals surface area (Å²) in [6.45, 7) is 4.95. The molecule has 0 radical (unpaired) electrons. The van der Waals surface area contributed by atoms with Crippen molar-refractivity contribution in [2.45, 2.75) is 424 Å². The molecule has 2 atom stereocenters. The van der Waals surface area contributed by atoms with E-state index in [0.717, 1.165) is 38.5 Å². The van der Waals surface area contributed by atoms with Gasteiger partial charge in [0.25, 0.3) is 0 Å². The van der Waals surface area contributed by atoms with Gasteiger partial charge in [-0.25, -0.2) is 0 Å². The lowest BCUT2D eigenvalue weighted by atomic mass is 10.0. The SMILES string of the molecule is CCCCCCCCCCCCCCCCCCCC/C=C/C(O)C(CO)NC(=O)CCCCCCCCCCCCCCCC/C=C\CCCCCCCCCCCCCCOC(=O)CCCCCCCCCCCCCCC. The van der Waals surface area contributed by atoms with Crippen LogP contribution in [0.3, 0.4) is 0 Å². The summed E-state index contributed by atoms with van der Waals surface area (Å²) in [5.74, 6) is -0.0432. The van der Waals surface area contributed by atoms with Gasteiger partial charge in [-0.3, -0.25) is 9.59 Å². The molecule has 0 saturated heterocycles. The Labute approximate surface area is 501 Å². The molecular weight excluding hydrogens is 983 g/mol. The van der Waals surface area contributed by atoms with E-state index in [1.165, 1.54) is 347 Å². The molecule has 0 aromatic carbocycles. The first kappa shape index (κ1) is 78.3. The summed E-state index contributed by atoms with van der Waals surface area (Å²) in [6.07, 6.45) is 88.4. The third kappa shape index (κ3) is 65.5. The maximum absolute atomic E-state index is 12.5. The van der Waals surface area contributed by atoms with Crippen LogP contribution >= 0.6 is 0 Å². The predicted octanol–water partition coefficient (Wildman–Crippen LogP) is 23.7. The number of hydrogen-bond donors (Lipinski definition) is 3. The molecule has 0 aliphatic heterocycles. The molecule has 0 heterocycles. The first-order chi connectivity index (χ1) is 39.5. The third-order valence-corrected chi connectivity index (χ3v) is 17.2. The fraction of sp³-hybridized carbons (Fsp3) is 0.919. The van der Waals surface area contributed by atoms with E-state index in [1.54, 1.807) is 6.08 Å². The fourth-order valence-corrected chi connectivity index (χ4v) is 11.6. The van der Waals surface area contributed by atoms with Crippen LogP contribution in [0.15, 0.2) is 24.3 Å². The van der Waals surface area contributed by atoms with E-state index in [2.05, 4.69) is 31.3 Å². The highest BCUT2D eigenvalue weighted by Crippen LogP contribution is 2.19. The molecule has 474 valence electrons. The minimum atomic E-state index is -0.844. The van der Waals surface area contributed by atoms with Crippen LogP contribution in [0.1, 0.15) is 412 Å². The molecule has 0 fully saturated rings. The van der Waals surface area contributed by atoms with Gasteiger partial charge in [0.15, 0.2) is 0 Å². The number of aliphatic hydroxyl groups is 2. The van der Waals surface area contributed by atoms with Crippen molar-refractivity contribution in [2.75, 3.05) is 13.2 Å². The summed E-state index contributed by atoms with van der Waals surface area (Å²) < 4.78 is 5.49. The van der Waals surface area contributed by atoms with Gasteiger partial charge in [0.05, 0.1) is 25.4 Å². The molecule has 0 bridgehead atoms. The molecule has 80 heavy (non-hydrogen) atoms. The lowest BCUT2D eigenvalue weighted by Gasteiger charge is -2.20. The van der Waals surface area contributed by atoms with Gasteiger partial charge in [-0.15, -0.1) is 0 Å². The highest BCUT2D eigenvalue weighted by Gasteiger charge is 2.18. The van der Waals surface area contributed by atoms with Crippen molar-refractivity contribution in [1.82, 2.24) is 5.32 Å². The number of carbonyl (C=O) groups excluding carboxylic acids is 2. The number of allylic oxidation sites excluding steroid dienone is 3. The quantitative estimate of drug-likeness (QED) is 0.0320. The van der Waals surface area contributed by atoms with E-state index in [4.69, 9.17) is 4.74 Å². The van der Waals surface area contributed by atoms with Gasteiger partial charge in [-0.2, -0.15) is 0 Å². The van der Waals surface area contributed by atoms with Crippen molar-refractivity contribution in [3.8, 4) is 0 Å². The highest BCUT2D eigenvalue weighted by molar-refractivity contribution is 5.76. The number of nitrogens with one attached hydrogen (secondary N) is 1. The van der Waals surface area contributed by atoms with E-state index in [9.17, 15) is 19.8 Å². The normalized spacial score (nSPS) is 12.6. The average molecular weight is 1130 g/mol. The van der Waals surface area contributed by atoms with E-state index in [0.29, 0.717) is 19.4 Å². The van der Waals surface area contributed by atoms with Crippen molar-refractivity contribution in [3.05, 3.63) is 24.3 Å². The summed E-state index contributed by atoms with van der Waals surface area (Å²) >= 11 is 0. The van der Waals surface area contributed by atoms with Gasteiger partial charge in [0.2, 0.25) is 5.91 Å². The molecule has 0 aliphatic rings. The minimum absolute atomic E-state index is 0.0191. The van der Waals surface area contributed by atoms with Crippen LogP contribution in [-0.2, 0) is 14.3 Å². The number of ether oxygens (including phenoxy) is 1. The lowest BCUT2D eigenvalue weighted by Crippen LogP contribution is -2.45. The Bertz CT molecular complexity index is 1250. The number of unbranched alkanes of at least 4 members (excludes halogenated alkanes) is 56. The second-order valence-electron chi connectivity index (χ2n) is 25.3. The Morgan fingerprint density at radius 1 is 0.338 bits per heavy atom. The molecule has 1 amide bonds. The zero-order chi connectivity index (χ0) is 57.8. The summed E-state index contributed by atoms with van der Waals surface area (Å²) in [5, 5.41) is 23.2. The Balaban J connectivity index is 3.39. The first-order valence-corrected chi connectivity index (χ1v) is 36.6. The Morgan fingerprint density at radius 3 is 0.887 bits per heavy atom. The molecule has 6 heteroatoms. The minimum Gasteiger partial charge on any atom is -0.466 e. The second kappa shape index (κ2) is 69.8. The third-order valence-electron chi connectivity index (χ3n) is 17.2. The summed E-state index contributed by atoms with van der Waals surface area (Å²) in [7, 11) is 0. The number of aliphatic hydroxyl groups excluding tert-OH is 2. The van der Waals surface area contributed by atoms with Gasteiger partial charge in [0, 0.05) is 12.8 Å². The van der Waals surface area contributed by atoms with Gasteiger partial charge >= 0.3 is 5.97 Å². The number of carbonyl (C=O) groups is 2. The van der Waals surface area contributed by atoms with E-state index < -0.39 is 12.1 Å². The van der Waals surface area contributed by atoms with Crippen molar-refractivity contribution < 1.29 is 24.5 Å². The van der Waals surface area contributed by atoms with Gasteiger partial charge in [-0.05, 0) is 57.8 Å². The number of esters is 1. The molecule has 0 aromatic rings. The first-order valence-electron chi connectivity index (χ1n) is 36.6. The monoisotopic (exact) mass is 1130 g/mol. The largest absolute Gasteiger partial charge is 0.466 e. The smallest absolute Gasteiger partial charge is 0.305 e. The number of amides is 1. The van der Waals surface area contributed by atoms with E-state index in [1.807, 2.05) is 6.08 Å². The summed E-state index contributed by atoms with van der Waals surface area (Å²) in [5.41, 5.74) is 0. The molecule has 0 aliphatic carbocycles. The van der Waals surface area contributed by atoms with Crippen LogP contribution in [0.4, 0.5) is 0 Å². The van der Waals surface area contributed by atoms with Gasteiger partial charge < -0.3 is 20.3 Å². The lowest BCUT2D eigenvalue weighted by molar-refractivity contribution is -0.143. The Kier molecular flexibility index (Phi) is 68.4. The topological polar surface area (TPSA) is 95.9 Å². The summed E-state index contributed by atoms with van der Waals surface area (Å²) in [4.78, 5) is 24.6. The van der Waals surface area contributed by atoms with Crippen molar-refractivity contribution in [3.63, 3.8) is 0 Å². The van der Waals surface area contributed by atoms with Crippen LogP contribution in [-0.4, -0.2) is 47.4 Å². The molecule has 3 N–H and O–H groups in total. The number of hydrogen-bond acceptors (Lipinski definition) is 5. The van der Waals surface area contributed by atoms with E-state index in [-0.39, 0.29) is 18.5 Å². The Hall–Kier alpha value is -1.66. The van der Waals surface area contributed by atoms with Crippen LogP contribution in [0.5, 0.6) is 0 Å². The van der Waals surface area contributed by atoms with Crippen LogP contribution in [0.2, 0.25) is 0 Å². The standard InChI is InChI=1S/C74H143NO5/c1-3-5-7-9-11-13-15-17-18-19-20-33-36-39-43-46-50-54-58-62-66-72(77)71(70-76)75-73(78)67-63-59-55-51-47-44-40-37-34-31-29-27-25-23-21-22-24-26-28-30-32-35-38-41-45-49-53-57-61-65-69-80-74(79)68-64-60-56-52-48-42-16-14-12-10-8-6-4-2/h22,24,62,66,71-72,76-77H,3-21,23,25-61,63-65,67-70H2,1-2H3,(H,75,78)/b24-22-,66-62+. The van der Waals surface area contributed by atoms with Crippen LogP contribution in [0, 0.1) is 0 Å². The van der Waals surface area contributed by atoms with Crippen LogP contribution in [0.25, 0.3) is 0 Å². The maximum Gasteiger partial charge on any atom is 0.305 e. The maximum atomic E-state index is 12.5. The van der Waals surface area contributed by atoms with E-state index >= 15 is 0 Å². The summed E-state index contributed by atoms with van der Waals surface area (Å²) in [6, 6.07) is -0.627. The zero-order valence-corrected chi connectivity index (χ0v) is 54.3. The molecule has 0 aromatic heterocycles. The van der Waals surface area contributed by atoms with Crippen LogP contribution < -0.4 is 5.32 Å². The molecule has 2 unspecified atom stereocenters. The van der Waals surface area contributed by atoms with Crippen molar-refractivity contribution in [2.24, 2.45) is 0 Å². The average Bonchev–Trinajstić information content (AvgIpc) is 3.46. The zero-order valence-electron chi connectivity index (χ0n) is 54.3. The molecule has 6 nitrogen and oxygen atoms in total. The highest BCUT2D eigenvalue weighted by atomic mass is 16.5. The fourth-order valence-electron chi connectivity index (χ4n) is 11.6. The van der Waals surface area contributed by atoms with Gasteiger partial charge in [0.1, 0.15) is 0 Å². The molecule has 0 rings (SSSR count). The van der Waals surface area contributed by atoms with Gasteiger partial charge in [-0.1, -0.05) is 366 Å². The number of rotatable bonds is 69. The molecular formula is C74H143NO5. The second-order valence-corrected chi connectivity index (χ2v) is 25.3.